The predicted molar refractivity (Wildman–Crippen MR) is 72.2 cm³/mol. The zero-order valence-corrected chi connectivity index (χ0v) is 12.5. The first-order valence-electron chi connectivity index (χ1n) is 7.24. The van der Waals surface area contributed by atoms with Crippen molar-refractivity contribution in [3.8, 4) is 0 Å². The molecule has 2 bridgehead atoms. The quantitative estimate of drug-likeness (QED) is 0.533. The van der Waals surface area contributed by atoms with Crippen LogP contribution in [0.25, 0.3) is 0 Å². The first-order valence-corrected chi connectivity index (χ1v) is 10.7. The molecule has 4 rings (SSSR count). The Bertz CT molecular complexity index is 410. The lowest BCUT2D eigenvalue weighted by Gasteiger charge is -2.39. The Labute approximate surface area is 106 Å². The third-order valence-corrected chi connectivity index (χ3v) is 7.10. The number of fused-ring (bicyclic) bond motifs is 8. The summed E-state index contributed by atoms with van der Waals surface area (Å²) in [5.41, 5.74) is 0.850. The summed E-state index contributed by atoms with van der Waals surface area (Å²) in [6, 6.07) is 0. The van der Waals surface area contributed by atoms with E-state index >= 15 is 0 Å². The lowest BCUT2D eigenvalue weighted by molar-refractivity contribution is 0.0324. The molecule has 0 aliphatic heterocycles. The van der Waals surface area contributed by atoms with Crippen molar-refractivity contribution in [2.75, 3.05) is 0 Å². The van der Waals surface area contributed by atoms with Gasteiger partial charge >= 0.3 is 0 Å². The van der Waals surface area contributed by atoms with Crippen molar-refractivity contribution < 1.29 is 4.43 Å². The first kappa shape index (κ1) is 10.8. The van der Waals surface area contributed by atoms with E-state index in [1.54, 1.807) is 0 Å². The molecule has 6 atom stereocenters. The second-order valence-corrected chi connectivity index (χ2v) is 12.5. The van der Waals surface area contributed by atoms with Gasteiger partial charge in [-0.2, -0.15) is 0 Å². The third kappa shape index (κ3) is 1.10. The van der Waals surface area contributed by atoms with Crippen LogP contribution >= 0.6 is 0 Å². The van der Waals surface area contributed by atoms with Gasteiger partial charge in [-0.15, -0.1) is 0 Å². The summed E-state index contributed by atoms with van der Waals surface area (Å²) >= 11 is 0. The molecule has 4 aliphatic carbocycles. The number of hydrogen-bond acceptors (Lipinski definition) is 1. The summed E-state index contributed by atoms with van der Waals surface area (Å²) in [4.78, 5) is 0. The molecule has 3 saturated carbocycles. The molecule has 3 fully saturated rings. The highest BCUT2D eigenvalue weighted by Gasteiger charge is 2.82. The molecule has 2 heteroatoms. The Morgan fingerprint density at radius 3 is 2.71 bits per heavy atom. The minimum atomic E-state index is -1.40. The lowest BCUT2D eigenvalue weighted by Crippen LogP contribution is -2.43. The van der Waals surface area contributed by atoms with Crippen LogP contribution in [0, 0.1) is 29.1 Å². The summed E-state index contributed by atoms with van der Waals surface area (Å²) in [7, 11) is -1.40. The van der Waals surface area contributed by atoms with Crippen LogP contribution in [0.1, 0.15) is 26.2 Å². The van der Waals surface area contributed by atoms with E-state index in [1.807, 2.05) is 0 Å². The highest BCUT2D eigenvalue weighted by Crippen LogP contribution is 2.82. The maximum absolute atomic E-state index is 6.72. The Balaban J connectivity index is 1.70. The second-order valence-electron chi connectivity index (χ2n) is 8.05. The number of rotatable bonds is 2. The van der Waals surface area contributed by atoms with Crippen LogP contribution in [0.3, 0.4) is 0 Å². The average molecular weight is 248 g/mol. The summed E-state index contributed by atoms with van der Waals surface area (Å²) in [6.45, 7) is 9.59. The van der Waals surface area contributed by atoms with Gasteiger partial charge in [0.15, 0.2) is 8.32 Å². The van der Waals surface area contributed by atoms with Gasteiger partial charge in [-0.1, -0.05) is 19.1 Å². The van der Waals surface area contributed by atoms with Crippen LogP contribution in [0.2, 0.25) is 19.6 Å². The van der Waals surface area contributed by atoms with Gasteiger partial charge < -0.3 is 4.43 Å². The normalized spacial score (nSPS) is 58.4. The van der Waals surface area contributed by atoms with E-state index < -0.39 is 8.32 Å². The van der Waals surface area contributed by atoms with E-state index in [0.717, 1.165) is 23.7 Å². The van der Waals surface area contributed by atoms with Crippen LogP contribution < -0.4 is 0 Å². The summed E-state index contributed by atoms with van der Waals surface area (Å²) in [5, 5.41) is 0. The molecule has 1 nitrogen and oxygen atoms in total. The van der Waals surface area contributed by atoms with E-state index in [4.69, 9.17) is 4.43 Å². The smallest absolute Gasteiger partial charge is 0.184 e. The van der Waals surface area contributed by atoms with Gasteiger partial charge in [0.05, 0.1) is 5.60 Å². The van der Waals surface area contributed by atoms with Crippen LogP contribution in [-0.2, 0) is 4.43 Å². The van der Waals surface area contributed by atoms with Crippen molar-refractivity contribution in [2.24, 2.45) is 29.1 Å². The summed E-state index contributed by atoms with van der Waals surface area (Å²) in [6.07, 6.45) is 9.11. The molecule has 0 radical (unpaired) electrons. The standard InChI is InChI=1S/C15H24OSi/c1-14-9-15(14,16-17(2,3)4)13-8-12(14)10-6-5-7-11(10)13/h5-6,10-13H,7-9H2,1-4H3/t10-,11+,12-,13+,14-,15-/m0/s1. The lowest BCUT2D eigenvalue weighted by atomic mass is 9.74. The fraction of sp³-hybridized carbons (Fsp3) is 0.867. The fourth-order valence-electron chi connectivity index (χ4n) is 5.66. The molecule has 0 heterocycles. The van der Waals surface area contributed by atoms with Gasteiger partial charge in [0, 0.05) is 5.41 Å². The largest absolute Gasteiger partial charge is 0.411 e. The molecular formula is C15H24OSi. The minimum absolute atomic E-state index is 0.315. The van der Waals surface area contributed by atoms with Gasteiger partial charge in [-0.05, 0) is 62.6 Å². The summed E-state index contributed by atoms with van der Waals surface area (Å²) < 4.78 is 6.72. The van der Waals surface area contributed by atoms with Gasteiger partial charge in [-0.3, -0.25) is 0 Å². The van der Waals surface area contributed by atoms with Gasteiger partial charge in [0.2, 0.25) is 0 Å². The van der Waals surface area contributed by atoms with Crippen molar-refractivity contribution in [1.29, 1.82) is 0 Å². The SMILES string of the molecule is C[C@@]12C[C@]1(O[Si](C)(C)C)[C@@H]1C[C@H]2[C@H]2C=CC[C@H]21. The molecule has 17 heavy (non-hydrogen) atoms. The molecule has 94 valence electrons. The highest BCUT2D eigenvalue weighted by molar-refractivity contribution is 6.69. The monoisotopic (exact) mass is 248 g/mol. The van der Waals surface area contributed by atoms with E-state index in [2.05, 4.69) is 38.7 Å². The molecule has 4 aliphatic rings. The molecule has 0 N–H and O–H groups in total. The summed E-state index contributed by atoms with van der Waals surface area (Å²) in [5.74, 6) is 3.66. The Morgan fingerprint density at radius 1 is 1.24 bits per heavy atom. The minimum Gasteiger partial charge on any atom is -0.411 e. The zero-order valence-electron chi connectivity index (χ0n) is 11.5. The van der Waals surface area contributed by atoms with Crippen molar-refractivity contribution in [1.82, 2.24) is 0 Å². The molecule has 0 aromatic carbocycles. The van der Waals surface area contributed by atoms with Crippen molar-refractivity contribution >= 4 is 8.32 Å². The van der Waals surface area contributed by atoms with E-state index in [-0.39, 0.29) is 0 Å². The maximum atomic E-state index is 6.72. The Kier molecular flexibility index (Phi) is 1.74. The predicted octanol–water partition coefficient (Wildman–Crippen LogP) is 3.83. The third-order valence-electron chi connectivity index (χ3n) is 6.13. The highest BCUT2D eigenvalue weighted by atomic mass is 28.4. The molecule has 0 amide bonds. The molecule has 0 aromatic rings. The zero-order chi connectivity index (χ0) is 12.1. The molecule has 0 unspecified atom stereocenters. The van der Waals surface area contributed by atoms with Crippen LogP contribution in [-0.4, -0.2) is 13.9 Å². The molecule has 0 saturated heterocycles. The fourth-order valence-corrected chi connectivity index (χ4v) is 7.21. The Hall–Kier alpha value is -0.0831. The van der Waals surface area contributed by atoms with Crippen LogP contribution in [0.5, 0.6) is 0 Å². The number of allylic oxidation sites excluding steroid dienone is 2. The van der Waals surface area contributed by atoms with E-state index in [9.17, 15) is 0 Å². The number of hydrogen-bond donors (Lipinski definition) is 0. The van der Waals surface area contributed by atoms with E-state index in [0.29, 0.717) is 11.0 Å². The first-order chi connectivity index (χ1) is 7.87. The molecule has 0 aromatic heterocycles. The molecular weight excluding hydrogens is 224 g/mol. The van der Waals surface area contributed by atoms with Gasteiger partial charge in [-0.25, -0.2) is 0 Å². The van der Waals surface area contributed by atoms with E-state index in [1.165, 1.54) is 19.3 Å². The second kappa shape index (κ2) is 2.75. The van der Waals surface area contributed by atoms with Crippen LogP contribution in [0.15, 0.2) is 12.2 Å². The topological polar surface area (TPSA) is 9.23 Å². The van der Waals surface area contributed by atoms with Gasteiger partial charge in [0.1, 0.15) is 0 Å². The van der Waals surface area contributed by atoms with Crippen LogP contribution in [0.4, 0.5) is 0 Å². The Morgan fingerprint density at radius 2 is 2.00 bits per heavy atom. The van der Waals surface area contributed by atoms with Gasteiger partial charge in [0.25, 0.3) is 0 Å². The molecule has 0 spiro atoms. The van der Waals surface area contributed by atoms with Crippen molar-refractivity contribution in [2.45, 2.75) is 51.4 Å². The van der Waals surface area contributed by atoms with Crippen molar-refractivity contribution in [3.05, 3.63) is 12.2 Å². The average Bonchev–Trinajstić information content (AvgIpc) is 2.53. The van der Waals surface area contributed by atoms with Crippen molar-refractivity contribution in [3.63, 3.8) is 0 Å². The maximum Gasteiger partial charge on any atom is 0.184 e.